The number of aryl methyl sites for hydroxylation is 1. The molecule has 1 aliphatic rings. The smallest absolute Gasteiger partial charge is 0.259 e. The molecule has 1 saturated heterocycles. The van der Waals surface area contributed by atoms with Gasteiger partial charge in [0.2, 0.25) is 5.91 Å². The largest absolute Gasteiger partial charge is 0.490 e. The van der Waals surface area contributed by atoms with Gasteiger partial charge in [-0.05, 0) is 42.7 Å². The fourth-order valence-electron chi connectivity index (χ4n) is 4.57. The Morgan fingerprint density at radius 3 is 2.55 bits per heavy atom. The molecule has 0 radical (unpaired) electrons. The molecule has 0 N–H and O–H groups in total. The van der Waals surface area contributed by atoms with E-state index in [1.807, 2.05) is 44.2 Å². The molecular formula is C29H34FN3O5. The first-order valence-corrected chi connectivity index (χ1v) is 12.7. The van der Waals surface area contributed by atoms with E-state index in [1.54, 1.807) is 23.8 Å². The van der Waals surface area contributed by atoms with E-state index in [0.29, 0.717) is 35.9 Å². The van der Waals surface area contributed by atoms with Gasteiger partial charge in [-0.2, -0.15) is 0 Å². The van der Waals surface area contributed by atoms with Gasteiger partial charge in [-0.15, -0.1) is 0 Å². The minimum Gasteiger partial charge on any atom is -0.490 e. The fraction of sp³-hybridized carbons (Fsp3) is 0.414. The van der Waals surface area contributed by atoms with E-state index in [0.717, 1.165) is 5.56 Å². The van der Waals surface area contributed by atoms with Crippen LogP contribution in [0.25, 0.3) is 0 Å². The molecular weight excluding hydrogens is 489 g/mol. The van der Waals surface area contributed by atoms with E-state index in [2.05, 4.69) is 5.16 Å². The molecule has 2 heterocycles. The molecule has 0 saturated carbocycles. The molecule has 0 aliphatic carbocycles. The quantitative estimate of drug-likeness (QED) is 0.408. The molecule has 2 aromatic carbocycles. The Hall–Kier alpha value is -3.72. The summed E-state index contributed by atoms with van der Waals surface area (Å²) in [6, 6.07) is 15.4. The molecule has 8 nitrogen and oxygen atoms in total. The highest BCUT2D eigenvalue weighted by atomic mass is 19.1. The molecule has 0 bridgehead atoms. The lowest BCUT2D eigenvalue weighted by Crippen LogP contribution is -2.58. The molecule has 0 unspecified atom stereocenters. The zero-order chi connectivity index (χ0) is 27.3. The SMILES string of the molecule is Cc1onc(C(C)C)c1C(=O)N1CCO[C@](COc2ccc(F)cc2)(CC(=O)N(C)Cc2ccccc2)C1. The van der Waals surface area contributed by atoms with Gasteiger partial charge in [-0.25, -0.2) is 4.39 Å². The zero-order valence-electron chi connectivity index (χ0n) is 22.3. The van der Waals surface area contributed by atoms with Crippen molar-refractivity contribution < 1.29 is 28.0 Å². The Labute approximate surface area is 222 Å². The molecule has 1 atom stereocenters. The van der Waals surface area contributed by atoms with E-state index in [1.165, 1.54) is 24.3 Å². The Bertz CT molecular complexity index is 1240. The maximum Gasteiger partial charge on any atom is 0.259 e. The van der Waals surface area contributed by atoms with E-state index < -0.39 is 5.60 Å². The van der Waals surface area contributed by atoms with Crippen LogP contribution in [-0.2, 0) is 16.1 Å². The van der Waals surface area contributed by atoms with Crippen LogP contribution in [0.15, 0.2) is 59.1 Å². The summed E-state index contributed by atoms with van der Waals surface area (Å²) in [5.41, 5.74) is 0.951. The summed E-state index contributed by atoms with van der Waals surface area (Å²) in [6.45, 7) is 6.80. The lowest BCUT2D eigenvalue weighted by atomic mass is 9.95. The number of carbonyl (C=O) groups excluding carboxylic acids is 2. The molecule has 1 aromatic heterocycles. The standard InChI is InChI=1S/C29H34FN3O5/c1-20(2)27-26(21(3)38-31-27)28(35)33-14-15-37-29(18-33,19-36-24-12-10-23(30)11-13-24)16-25(34)32(4)17-22-8-6-5-7-9-22/h5-13,20H,14-19H2,1-4H3/t29-/m1/s1. The predicted molar refractivity (Wildman–Crippen MR) is 139 cm³/mol. The minimum absolute atomic E-state index is 0.000957. The highest BCUT2D eigenvalue weighted by molar-refractivity contribution is 5.96. The van der Waals surface area contributed by atoms with Gasteiger partial charge in [0.05, 0.1) is 25.3 Å². The Morgan fingerprint density at radius 1 is 1.16 bits per heavy atom. The first-order valence-electron chi connectivity index (χ1n) is 12.7. The maximum atomic E-state index is 13.7. The number of hydrogen-bond donors (Lipinski definition) is 0. The van der Waals surface area contributed by atoms with Gasteiger partial charge in [0.25, 0.3) is 5.91 Å². The summed E-state index contributed by atoms with van der Waals surface area (Å²) < 4.78 is 30.9. The van der Waals surface area contributed by atoms with Crippen molar-refractivity contribution in [2.75, 3.05) is 33.4 Å². The van der Waals surface area contributed by atoms with Crippen molar-refractivity contribution in [2.45, 2.75) is 45.3 Å². The van der Waals surface area contributed by atoms with Crippen LogP contribution >= 0.6 is 0 Å². The van der Waals surface area contributed by atoms with Crippen LogP contribution in [0.3, 0.4) is 0 Å². The van der Waals surface area contributed by atoms with Crippen LogP contribution < -0.4 is 4.74 Å². The summed E-state index contributed by atoms with van der Waals surface area (Å²) in [5, 5.41) is 4.09. The van der Waals surface area contributed by atoms with Crippen molar-refractivity contribution in [1.29, 1.82) is 0 Å². The lowest BCUT2D eigenvalue weighted by Gasteiger charge is -2.42. The number of ether oxygens (including phenoxy) is 2. The number of rotatable bonds is 9. The van der Waals surface area contributed by atoms with E-state index in [-0.39, 0.29) is 49.7 Å². The average Bonchev–Trinajstić information content (AvgIpc) is 3.30. The molecule has 3 aromatic rings. The monoisotopic (exact) mass is 523 g/mol. The molecule has 1 fully saturated rings. The predicted octanol–water partition coefficient (Wildman–Crippen LogP) is 4.58. The first kappa shape index (κ1) is 27.3. The van der Waals surface area contributed by atoms with Crippen LogP contribution in [0, 0.1) is 12.7 Å². The van der Waals surface area contributed by atoms with Gasteiger partial charge in [0.15, 0.2) is 0 Å². The van der Waals surface area contributed by atoms with Crippen LogP contribution in [0.2, 0.25) is 0 Å². The third kappa shape index (κ3) is 6.39. The van der Waals surface area contributed by atoms with Crippen molar-refractivity contribution >= 4 is 11.8 Å². The number of halogens is 1. The summed E-state index contributed by atoms with van der Waals surface area (Å²) in [4.78, 5) is 30.4. The summed E-state index contributed by atoms with van der Waals surface area (Å²) in [6.07, 6.45) is 0.000957. The lowest BCUT2D eigenvalue weighted by molar-refractivity contribution is -0.152. The highest BCUT2D eigenvalue weighted by Gasteiger charge is 2.43. The van der Waals surface area contributed by atoms with Crippen molar-refractivity contribution in [1.82, 2.24) is 15.0 Å². The number of carbonyl (C=O) groups is 2. The van der Waals surface area contributed by atoms with Gasteiger partial charge in [-0.3, -0.25) is 9.59 Å². The third-order valence-corrected chi connectivity index (χ3v) is 6.66. The second kappa shape index (κ2) is 11.8. The molecule has 4 rings (SSSR count). The van der Waals surface area contributed by atoms with Crippen LogP contribution in [-0.4, -0.2) is 65.7 Å². The van der Waals surface area contributed by atoms with E-state index in [9.17, 15) is 14.0 Å². The second-order valence-corrected chi connectivity index (χ2v) is 10.1. The molecule has 9 heteroatoms. The first-order chi connectivity index (χ1) is 18.2. The number of aromatic nitrogens is 1. The Morgan fingerprint density at radius 2 is 1.87 bits per heavy atom. The van der Waals surface area contributed by atoms with Crippen LogP contribution in [0.4, 0.5) is 4.39 Å². The number of nitrogens with zero attached hydrogens (tertiary/aromatic N) is 3. The highest BCUT2D eigenvalue weighted by Crippen LogP contribution is 2.29. The molecule has 38 heavy (non-hydrogen) atoms. The van der Waals surface area contributed by atoms with Gasteiger partial charge in [-0.1, -0.05) is 49.3 Å². The van der Waals surface area contributed by atoms with E-state index in [4.69, 9.17) is 14.0 Å². The van der Waals surface area contributed by atoms with Gasteiger partial charge in [0, 0.05) is 20.1 Å². The van der Waals surface area contributed by atoms with Gasteiger partial charge in [0.1, 0.15) is 35.1 Å². The van der Waals surface area contributed by atoms with Crippen molar-refractivity contribution in [2.24, 2.45) is 0 Å². The van der Waals surface area contributed by atoms with E-state index >= 15 is 0 Å². The minimum atomic E-state index is -1.10. The number of amides is 2. The van der Waals surface area contributed by atoms with Gasteiger partial charge < -0.3 is 23.8 Å². The maximum absolute atomic E-state index is 13.7. The second-order valence-electron chi connectivity index (χ2n) is 10.1. The van der Waals surface area contributed by atoms with Gasteiger partial charge >= 0.3 is 0 Å². The topological polar surface area (TPSA) is 85.1 Å². The third-order valence-electron chi connectivity index (χ3n) is 6.66. The summed E-state index contributed by atoms with van der Waals surface area (Å²) in [7, 11) is 1.74. The average molecular weight is 524 g/mol. The van der Waals surface area contributed by atoms with Crippen molar-refractivity contribution in [3.8, 4) is 5.75 Å². The number of morpholine rings is 1. The fourth-order valence-corrected chi connectivity index (χ4v) is 4.57. The summed E-state index contributed by atoms with van der Waals surface area (Å²) >= 11 is 0. The molecule has 0 spiro atoms. The van der Waals surface area contributed by atoms with Crippen molar-refractivity contribution in [3.63, 3.8) is 0 Å². The molecule has 202 valence electrons. The normalized spacial score (nSPS) is 17.5. The molecule has 1 aliphatic heterocycles. The number of hydrogen-bond acceptors (Lipinski definition) is 6. The number of benzene rings is 2. The molecule has 2 amide bonds. The van der Waals surface area contributed by atoms with Crippen LogP contribution in [0.5, 0.6) is 5.75 Å². The van der Waals surface area contributed by atoms with Crippen LogP contribution in [0.1, 0.15) is 53.6 Å². The Balaban J connectivity index is 1.56. The Kier molecular flexibility index (Phi) is 8.46. The van der Waals surface area contributed by atoms with Crippen molar-refractivity contribution in [3.05, 3.63) is 83.0 Å². The summed E-state index contributed by atoms with van der Waals surface area (Å²) in [5.74, 6) is 0.173. The zero-order valence-corrected chi connectivity index (χ0v) is 22.3.